The van der Waals surface area contributed by atoms with Gasteiger partial charge in [-0.2, -0.15) is 0 Å². The summed E-state index contributed by atoms with van der Waals surface area (Å²) in [5.74, 6) is 0.452. The third-order valence-electron chi connectivity index (χ3n) is 2.95. The topological polar surface area (TPSA) is 77.2 Å². The van der Waals surface area contributed by atoms with Crippen molar-refractivity contribution >= 4 is 40.9 Å². The molecule has 0 fully saturated rings. The number of halogens is 2. The lowest BCUT2D eigenvalue weighted by atomic mass is 10.3. The first kappa shape index (κ1) is 17.9. The molecule has 0 aliphatic rings. The Hall–Kier alpha value is -1.44. The number of hydrogen-bond donors (Lipinski definition) is 1. The van der Waals surface area contributed by atoms with E-state index in [4.69, 9.17) is 33.0 Å². The molecule has 6 nitrogen and oxygen atoms in total. The number of aromatic nitrogens is 3. The highest BCUT2D eigenvalue weighted by Gasteiger charge is 2.11. The lowest BCUT2D eigenvalue weighted by Gasteiger charge is -2.08. The normalized spacial score (nSPS) is 10.7. The maximum atomic E-state index is 10.6. The van der Waals surface area contributed by atoms with Crippen LogP contribution < -0.4 is 4.74 Å². The van der Waals surface area contributed by atoms with Crippen molar-refractivity contribution in [3.8, 4) is 5.75 Å². The number of carboxylic acid groups (broad SMARTS) is 1. The first-order valence-electron chi connectivity index (χ1n) is 6.78. The number of nitrogens with zero attached hydrogens (tertiary/aromatic N) is 3. The second-order valence-corrected chi connectivity index (χ2v) is 6.45. The highest BCUT2D eigenvalue weighted by Crippen LogP contribution is 2.27. The van der Waals surface area contributed by atoms with Gasteiger partial charge in [-0.1, -0.05) is 35.0 Å². The van der Waals surface area contributed by atoms with Crippen LogP contribution in [0.4, 0.5) is 0 Å². The molecule has 0 spiro atoms. The molecule has 0 radical (unpaired) electrons. The lowest BCUT2D eigenvalue weighted by molar-refractivity contribution is -0.133. The number of carboxylic acids is 1. The molecule has 1 aromatic heterocycles. The van der Waals surface area contributed by atoms with Crippen molar-refractivity contribution in [3.05, 3.63) is 34.1 Å². The molecule has 23 heavy (non-hydrogen) atoms. The number of aryl methyl sites for hydroxylation is 1. The van der Waals surface area contributed by atoms with Gasteiger partial charge in [0.05, 0.1) is 17.4 Å². The van der Waals surface area contributed by atoms with E-state index >= 15 is 0 Å². The Morgan fingerprint density at radius 3 is 2.87 bits per heavy atom. The number of rotatable bonds is 8. The van der Waals surface area contributed by atoms with E-state index in [2.05, 4.69) is 10.2 Å². The van der Waals surface area contributed by atoms with Crippen LogP contribution in [0.3, 0.4) is 0 Å². The summed E-state index contributed by atoms with van der Waals surface area (Å²) in [6, 6.07) is 5.08. The zero-order valence-electron chi connectivity index (χ0n) is 12.3. The summed E-state index contributed by atoms with van der Waals surface area (Å²) in [5.41, 5.74) is 0. The fourth-order valence-corrected chi connectivity index (χ4v) is 2.93. The Bertz CT molecular complexity index is 694. The maximum Gasteiger partial charge on any atom is 0.313 e. The van der Waals surface area contributed by atoms with Gasteiger partial charge < -0.3 is 14.4 Å². The molecule has 0 saturated heterocycles. The second kappa shape index (κ2) is 8.42. The fraction of sp³-hybridized carbons (Fsp3) is 0.357. The van der Waals surface area contributed by atoms with Gasteiger partial charge in [-0.25, -0.2) is 0 Å². The number of aliphatic carboxylic acids is 1. The van der Waals surface area contributed by atoms with Crippen LogP contribution >= 0.6 is 35.0 Å². The molecule has 0 aliphatic carbocycles. The van der Waals surface area contributed by atoms with E-state index in [1.54, 1.807) is 22.8 Å². The minimum atomic E-state index is -0.882. The number of hydrogen-bond acceptors (Lipinski definition) is 5. The average Bonchev–Trinajstić information content (AvgIpc) is 2.84. The van der Waals surface area contributed by atoms with E-state index < -0.39 is 5.97 Å². The SMILES string of the molecule is Cn1c(CCCOc2ccc(Cl)cc2Cl)nnc1SCC(=O)O. The Kier molecular flexibility index (Phi) is 6.56. The quantitative estimate of drug-likeness (QED) is 0.563. The Labute approximate surface area is 147 Å². The van der Waals surface area contributed by atoms with Gasteiger partial charge in [0, 0.05) is 18.5 Å². The molecule has 0 amide bonds. The molecule has 9 heteroatoms. The first-order valence-corrected chi connectivity index (χ1v) is 8.52. The van der Waals surface area contributed by atoms with Gasteiger partial charge in [-0.15, -0.1) is 10.2 Å². The van der Waals surface area contributed by atoms with Gasteiger partial charge in [-0.05, 0) is 24.6 Å². The van der Waals surface area contributed by atoms with Gasteiger partial charge >= 0.3 is 5.97 Å². The van der Waals surface area contributed by atoms with Crippen molar-refractivity contribution < 1.29 is 14.6 Å². The molecule has 0 atom stereocenters. The van der Waals surface area contributed by atoms with Crippen LogP contribution in [0.15, 0.2) is 23.4 Å². The summed E-state index contributed by atoms with van der Waals surface area (Å²) in [5, 5.41) is 18.4. The van der Waals surface area contributed by atoms with Crippen LogP contribution in [0.2, 0.25) is 10.0 Å². The van der Waals surface area contributed by atoms with Gasteiger partial charge in [0.2, 0.25) is 0 Å². The zero-order chi connectivity index (χ0) is 16.8. The summed E-state index contributed by atoms with van der Waals surface area (Å²) < 4.78 is 7.40. The van der Waals surface area contributed by atoms with E-state index in [0.29, 0.717) is 34.0 Å². The van der Waals surface area contributed by atoms with E-state index in [9.17, 15) is 4.79 Å². The molecule has 1 aromatic carbocycles. The van der Waals surface area contributed by atoms with E-state index in [1.807, 2.05) is 7.05 Å². The minimum absolute atomic E-state index is 0.0375. The van der Waals surface area contributed by atoms with E-state index in [-0.39, 0.29) is 5.75 Å². The van der Waals surface area contributed by atoms with Gasteiger partial charge in [-0.3, -0.25) is 4.79 Å². The van der Waals surface area contributed by atoms with Crippen LogP contribution in [0.25, 0.3) is 0 Å². The van der Waals surface area contributed by atoms with Crippen molar-refractivity contribution in [1.29, 1.82) is 0 Å². The van der Waals surface area contributed by atoms with Crippen molar-refractivity contribution in [2.24, 2.45) is 7.05 Å². The molecule has 0 unspecified atom stereocenters. The monoisotopic (exact) mass is 375 g/mol. The molecule has 0 bridgehead atoms. The minimum Gasteiger partial charge on any atom is -0.492 e. The van der Waals surface area contributed by atoms with Crippen molar-refractivity contribution in [2.45, 2.75) is 18.0 Å². The largest absolute Gasteiger partial charge is 0.492 e. The van der Waals surface area contributed by atoms with Crippen molar-refractivity contribution in [3.63, 3.8) is 0 Å². The number of carbonyl (C=O) groups is 1. The molecule has 2 rings (SSSR count). The first-order chi connectivity index (χ1) is 11.0. The van der Waals surface area contributed by atoms with Crippen LogP contribution in [-0.4, -0.2) is 38.2 Å². The predicted molar refractivity (Wildman–Crippen MR) is 89.6 cm³/mol. The van der Waals surface area contributed by atoms with Crippen LogP contribution in [0.1, 0.15) is 12.2 Å². The summed E-state index contributed by atoms with van der Waals surface area (Å²) in [6.45, 7) is 0.478. The number of benzene rings is 1. The van der Waals surface area contributed by atoms with Gasteiger partial charge in [0.25, 0.3) is 0 Å². The highest BCUT2D eigenvalue weighted by atomic mass is 35.5. The van der Waals surface area contributed by atoms with E-state index in [0.717, 1.165) is 24.0 Å². The molecular formula is C14H15Cl2N3O3S. The summed E-state index contributed by atoms with van der Waals surface area (Å²) in [4.78, 5) is 10.6. The van der Waals surface area contributed by atoms with Gasteiger partial charge in [0.1, 0.15) is 11.6 Å². The molecule has 1 heterocycles. The molecule has 0 aliphatic heterocycles. The lowest BCUT2D eigenvalue weighted by Crippen LogP contribution is -2.05. The Morgan fingerprint density at radius 2 is 2.17 bits per heavy atom. The second-order valence-electron chi connectivity index (χ2n) is 4.67. The van der Waals surface area contributed by atoms with Crippen molar-refractivity contribution in [1.82, 2.24) is 14.8 Å². The molecule has 2 aromatic rings. The Balaban J connectivity index is 1.81. The van der Waals surface area contributed by atoms with E-state index in [1.165, 1.54) is 0 Å². The number of ether oxygens (including phenoxy) is 1. The molecular weight excluding hydrogens is 361 g/mol. The van der Waals surface area contributed by atoms with Crippen LogP contribution in [0.5, 0.6) is 5.75 Å². The third-order valence-corrected chi connectivity index (χ3v) is 4.48. The maximum absolute atomic E-state index is 10.6. The van der Waals surface area contributed by atoms with Crippen LogP contribution in [-0.2, 0) is 18.3 Å². The molecule has 124 valence electrons. The smallest absolute Gasteiger partial charge is 0.313 e. The summed E-state index contributed by atoms with van der Waals surface area (Å²) in [6.07, 6.45) is 1.40. The predicted octanol–water partition coefficient (Wildman–Crippen LogP) is 3.31. The standard InChI is InChI=1S/C14H15Cl2N3O3S/c1-19-12(17-18-14(19)23-8-13(20)21)3-2-6-22-11-5-4-9(15)7-10(11)16/h4-5,7H,2-3,6,8H2,1H3,(H,20,21). The summed E-state index contributed by atoms with van der Waals surface area (Å²) >= 11 is 13.0. The summed E-state index contributed by atoms with van der Waals surface area (Å²) in [7, 11) is 1.82. The molecule has 0 saturated carbocycles. The highest BCUT2D eigenvalue weighted by molar-refractivity contribution is 7.99. The zero-order valence-corrected chi connectivity index (χ0v) is 14.7. The van der Waals surface area contributed by atoms with Gasteiger partial charge in [0.15, 0.2) is 5.16 Å². The fourth-order valence-electron chi connectivity index (χ4n) is 1.82. The molecule has 1 N–H and O–H groups in total. The number of thioether (sulfide) groups is 1. The Morgan fingerprint density at radius 1 is 1.39 bits per heavy atom. The van der Waals surface area contributed by atoms with Crippen LogP contribution in [0, 0.1) is 0 Å². The van der Waals surface area contributed by atoms with Crippen molar-refractivity contribution in [2.75, 3.05) is 12.4 Å². The average molecular weight is 376 g/mol. The third kappa shape index (κ3) is 5.30.